The molecule has 2 unspecified atom stereocenters. The molecular weight excluding hydrogens is 318 g/mol. The van der Waals surface area contributed by atoms with Crippen LogP contribution >= 0.6 is 15.9 Å². The lowest BCUT2D eigenvalue weighted by Gasteiger charge is -2.37. The number of carbonyl (C=O) groups excluding carboxylic acids is 1. The molecule has 2 aliphatic rings. The number of nitrogens with one attached hydrogen (secondary N) is 1. The van der Waals surface area contributed by atoms with Crippen LogP contribution in [0.5, 0.6) is 0 Å². The summed E-state index contributed by atoms with van der Waals surface area (Å²) >= 11 is 3.48. The highest BCUT2D eigenvalue weighted by Gasteiger charge is 2.35. The zero-order valence-corrected chi connectivity index (χ0v) is 13.2. The van der Waals surface area contributed by atoms with E-state index in [1.54, 1.807) is 6.07 Å². The number of benzene rings is 1. The highest BCUT2D eigenvalue weighted by Crippen LogP contribution is 2.33. The molecule has 3 rings (SSSR count). The van der Waals surface area contributed by atoms with Crippen molar-refractivity contribution in [1.29, 1.82) is 0 Å². The first-order valence-electron chi connectivity index (χ1n) is 7.13. The quantitative estimate of drug-likeness (QED) is 0.889. The maximum atomic E-state index is 11.6. The molecule has 0 radical (unpaired) electrons. The molecule has 1 aromatic carbocycles. The number of nitrogens with two attached hydrogens (primary N) is 1. The predicted octanol–water partition coefficient (Wildman–Crippen LogP) is 2.27. The zero-order chi connectivity index (χ0) is 14.3. The summed E-state index contributed by atoms with van der Waals surface area (Å²) in [7, 11) is 2.07. The highest BCUT2D eigenvalue weighted by atomic mass is 79.9. The van der Waals surface area contributed by atoms with E-state index in [0.717, 1.165) is 23.0 Å². The molecule has 5 heteroatoms. The third-order valence-electron chi connectivity index (χ3n) is 4.60. The molecule has 20 heavy (non-hydrogen) atoms. The molecule has 4 nitrogen and oxygen atoms in total. The number of piperidine rings is 1. The van der Waals surface area contributed by atoms with Crippen LogP contribution in [0.25, 0.3) is 0 Å². The van der Waals surface area contributed by atoms with Crippen LogP contribution in [0.4, 0.5) is 5.69 Å². The smallest absolute Gasteiger partial charge is 0.250 e. The molecule has 2 bridgehead atoms. The van der Waals surface area contributed by atoms with E-state index >= 15 is 0 Å². The van der Waals surface area contributed by atoms with Crippen LogP contribution in [0.1, 0.15) is 36.0 Å². The van der Waals surface area contributed by atoms with Gasteiger partial charge < -0.3 is 16.0 Å². The van der Waals surface area contributed by atoms with E-state index in [4.69, 9.17) is 5.73 Å². The molecule has 2 fully saturated rings. The number of hydrogen-bond acceptors (Lipinski definition) is 3. The van der Waals surface area contributed by atoms with Crippen LogP contribution in [0, 0.1) is 0 Å². The second-order valence-corrected chi connectivity index (χ2v) is 6.82. The predicted molar refractivity (Wildman–Crippen MR) is 84.0 cm³/mol. The van der Waals surface area contributed by atoms with E-state index in [2.05, 4.69) is 33.2 Å². The summed E-state index contributed by atoms with van der Waals surface area (Å²) in [6.45, 7) is 0. The fraction of sp³-hybridized carbons (Fsp3) is 0.533. The first kappa shape index (κ1) is 13.9. The molecule has 0 spiro atoms. The average molecular weight is 338 g/mol. The molecule has 2 heterocycles. The maximum absolute atomic E-state index is 11.6. The summed E-state index contributed by atoms with van der Waals surface area (Å²) in [5.74, 6) is -0.365. The van der Waals surface area contributed by atoms with E-state index < -0.39 is 0 Å². The minimum absolute atomic E-state index is 0.365. The van der Waals surface area contributed by atoms with Gasteiger partial charge in [-0.25, -0.2) is 0 Å². The van der Waals surface area contributed by atoms with Gasteiger partial charge in [0.05, 0.1) is 11.3 Å². The lowest BCUT2D eigenvalue weighted by Crippen LogP contribution is -2.47. The molecule has 0 aliphatic carbocycles. The van der Waals surface area contributed by atoms with E-state index in [1.165, 1.54) is 12.8 Å². The minimum Gasteiger partial charge on any atom is -0.371 e. The SMILES string of the molecule is CN(c1cc(Br)ccc1C(N)=O)C1CC2CCC(C1)N2. The Bertz CT molecular complexity index is 522. The van der Waals surface area contributed by atoms with Gasteiger partial charge in [-0.05, 0) is 43.9 Å². The Kier molecular flexibility index (Phi) is 3.73. The van der Waals surface area contributed by atoms with Gasteiger partial charge in [0.15, 0.2) is 0 Å². The van der Waals surface area contributed by atoms with Crippen molar-refractivity contribution in [2.75, 3.05) is 11.9 Å². The van der Waals surface area contributed by atoms with Gasteiger partial charge in [-0.2, -0.15) is 0 Å². The van der Waals surface area contributed by atoms with E-state index in [0.29, 0.717) is 23.7 Å². The number of amides is 1. The van der Waals surface area contributed by atoms with Gasteiger partial charge in [0, 0.05) is 29.6 Å². The summed E-state index contributed by atoms with van der Waals surface area (Å²) < 4.78 is 0.973. The Balaban J connectivity index is 1.88. The van der Waals surface area contributed by atoms with Gasteiger partial charge >= 0.3 is 0 Å². The molecule has 0 aromatic heterocycles. The minimum atomic E-state index is -0.365. The maximum Gasteiger partial charge on any atom is 0.250 e. The summed E-state index contributed by atoms with van der Waals surface area (Å²) in [4.78, 5) is 13.9. The number of fused-ring (bicyclic) bond motifs is 2. The number of rotatable bonds is 3. The van der Waals surface area contributed by atoms with Crippen LogP contribution in [0.15, 0.2) is 22.7 Å². The summed E-state index contributed by atoms with van der Waals surface area (Å²) in [6.07, 6.45) is 4.82. The number of hydrogen-bond donors (Lipinski definition) is 2. The molecule has 2 saturated heterocycles. The van der Waals surface area contributed by atoms with Crippen molar-refractivity contribution in [2.24, 2.45) is 5.73 Å². The summed E-state index contributed by atoms with van der Waals surface area (Å²) in [6, 6.07) is 7.39. The topological polar surface area (TPSA) is 58.4 Å². The monoisotopic (exact) mass is 337 g/mol. The van der Waals surface area contributed by atoms with Gasteiger partial charge in [0.25, 0.3) is 5.91 Å². The van der Waals surface area contributed by atoms with Crippen LogP contribution in [-0.4, -0.2) is 31.1 Å². The van der Waals surface area contributed by atoms with Crippen LogP contribution in [0.2, 0.25) is 0 Å². The Morgan fingerprint density at radius 2 is 2.00 bits per heavy atom. The Hall–Kier alpha value is -1.07. The van der Waals surface area contributed by atoms with Gasteiger partial charge in [0.2, 0.25) is 0 Å². The number of halogens is 1. The van der Waals surface area contributed by atoms with Crippen molar-refractivity contribution in [3.8, 4) is 0 Å². The number of anilines is 1. The summed E-state index contributed by atoms with van der Waals surface area (Å²) in [5, 5.41) is 3.65. The van der Waals surface area contributed by atoms with Crippen molar-refractivity contribution in [1.82, 2.24) is 5.32 Å². The molecule has 1 aromatic rings. The molecular formula is C15H20BrN3O. The number of carbonyl (C=O) groups is 1. The second-order valence-electron chi connectivity index (χ2n) is 5.90. The molecule has 108 valence electrons. The Morgan fingerprint density at radius 3 is 2.60 bits per heavy atom. The fourth-order valence-electron chi connectivity index (χ4n) is 3.55. The first-order chi connectivity index (χ1) is 9.54. The molecule has 0 saturated carbocycles. The van der Waals surface area contributed by atoms with Crippen LogP contribution in [-0.2, 0) is 0 Å². The van der Waals surface area contributed by atoms with Crippen LogP contribution in [0.3, 0.4) is 0 Å². The first-order valence-corrected chi connectivity index (χ1v) is 7.92. The van der Waals surface area contributed by atoms with Gasteiger partial charge in [-0.1, -0.05) is 15.9 Å². The van der Waals surface area contributed by atoms with E-state index in [1.807, 2.05) is 12.1 Å². The van der Waals surface area contributed by atoms with E-state index in [-0.39, 0.29) is 5.91 Å². The van der Waals surface area contributed by atoms with Crippen molar-refractivity contribution < 1.29 is 4.79 Å². The van der Waals surface area contributed by atoms with Crippen LogP contribution < -0.4 is 16.0 Å². The highest BCUT2D eigenvalue weighted by molar-refractivity contribution is 9.10. The fourth-order valence-corrected chi connectivity index (χ4v) is 3.89. The number of nitrogens with zero attached hydrogens (tertiary/aromatic N) is 1. The van der Waals surface area contributed by atoms with Crippen molar-refractivity contribution in [3.05, 3.63) is 28.2 Å². The largest absolute Gasteiger partial charge is 0.371 e. The molecule has 2 atom stereocenters. The standard InChI is InChI=1S/C15H20BrN3O/c1-19(12-7-10-3-4-11(8-12)18-10)14-6-9(16)2-5-13(14)15(17)20/h2,5-6,10-12,18H,3-4,7-8H2,1H3,(H2,17,20). The molecule has 3 N–H and O–H groups in total. The lowest BCUT2D eigenvalue weighted by molar-refractivity contribution is 0.100. The third-order valence-corrected chi connectivity index (χ3v) is 5.09. The van der Waals surface area contributed by atoms with Crippen molar-refractivity contribution >= 4 is 27.5 Å². The zero-order valence-electron chi connectivity index (χ0n) is 11.6. The van der Waals surface area contributed by atoms with E-state index in [9.17, 15) is 4.79 Å². The van der Waals surface area contributed by atoms with Gasteiger partial charge in [-0.3, -0.25) is 4.79 Å². The lowest BCUT2D eigenvalue weighted by atomic mass is 9.97. The van der Waals surface area contributed by atoms with Crippen molar-refractivity contribution in [2.45, 2.75) is 43.8 Å². The molecule has 2 aliphatic heterocycles. The van der Waals surface area contributed by atoms with Gasteiger partial charge in [-0.15, -0.1) is 0 Å². The Morgan fingerprint density at radius 1 is 1.35 bits per heavy atom. The summed E-state index contributed by atoms with van der Waals surface area (Å²) in [5.41, 5.74) is 7.03. The Labute approximate surface area is 127 Å². The van der Waals surface area contributed by atoms with Gasteiger partial charge in [0.1, 0.15) is 0 Å². The average Bonchev–Trinajstić information content (AvgIpc) is 2.76. The molecule has 1 amide bonds. The number of primary amides is 1. The van der Waals surface area contributed by atoms with Crippen molar-refractivity contribution in [3.63, 3.8) is 0 Å². The normalized spacial score (nSPS) is 28.4. The second kappa shape index (κ2) is 5.37. The third kappa shape index (κ3) is 2.56.